The molecular weight excluding hydrogens is 322 g/mol. The molecule has 0 fully saturated rings. The molecule has 0 aliphatic rings. The molecule has 132 valence electrons. The Bertz CT molecular complexity index is 757. The summed E-state index contributed by atoms with van der Waals surface area (Å²) in [6, 6.07) is 11.4. The Balaban J connectivity index is 2.14. The number of rotatable bonds is 5. The topological polar surface area (TPSA) is 79.9 Å². The SMILES string of the molecule is COc1ccc(NC(=O)NC(=O)c2c(OC)cccc2N(C)C)cc1. The highest BCUT2D eigenvalue weighted by Crippen LogP contribution is 2.28. The predicted molar refractivity (Wildman–Crippen MR) is 96.8 cm³/mol. The first-order chi connectivity index (χ1) is 12.0. The van der Waals surface area contributed by atoms with E-state index in [1.165, 1.54) is 7.11 Å². The van der Waals surface area contributed by atoms with Gasteiger partial charge >= 0.3 is 6.03 Å². The normalized spacial score (nSPS) is 9.92. The monoisotopic (exact) mass is 343 g/mol. The molecule has 0 atom stereocenters. The van der Waals surface area contributed by atoms with E-state index in [-0.39, 0.29) is 0 Å². The predicted octanol–water partition coefficient (Wildman–Crippen LogP) is 2.73. The largest absolute Gasteiger partial charge is 0.497 e. The molecule has 3 amide bonds. The third-order valence-electron chi connectivity index (χ3n) is 3.51. The van der Waals surface area contributed by atoms with Crippen molar-refractivity contribution in [3.63, 3.8) is 0 Å². The van der Waals surface area contributed by atoms with Crippen LogP contribution in [-0.4, -0.2) is 40.3 Å². The van der Waals surface area contributed by atoms with Gasteiger partial charge in [0.2, 0.25) is 0 Å². The fraction of sp³-hybridized carbons (Fsp3) is 0.222. The van der Waals surface area contributed by atoms with E-state index < -0.39 is 11.9 Å². The van der Waals surface area contributed by atoms with Crippen LogP contribution >= 0.6 is 0 Å². The van der Waals surface area contributed by atoms with Crippen LogP contribution in [0.1, 0.15) is 10.4 Å². The van der Waals surface area contributed by atoms with Gasteiger partial charge in [0.1, 0.15) is 17.1 Å². The van der Waals surface area contributed by atoms with E-state index in [0.717, 1.165) is 0 Å². The summed E-state index contributed by atoms with van der Waals surface area (Å²) in [5.41, 5.74) is 1.48. The molecule has 0 aromatic heterocycles. The lowest BCUT2D eigenvalue weighted by Gasteiger charge is -2.19. The van der Waals surface area contributed by atoms with Crippen LogP contribution < -0.4 is 25.0 Å². The number of methoxy groups -OCH3 is 2. The minimum Gasteiger partial charge on any atom is -0.497 e. The second-order valence-corrected chi connectivity index (χ2v) is 5.39. The van der Waals surface area contributed by atoms with Crippen LogP contribution in [-0.2, 0) is 0 Å². The summed E-state index contributed by atoms with van der Waals surface area (Å²) in [5, 5.41) is 4.92. The van der Waals surface area contributed by atoms with Gasteiger partial charge in [-0.2, -0.15) is 0 Å². The summed E-state index contributed by atoms with van der Waals surface area (Å²) in [6.07, 6.45) is 0. The van der Waals surface area contributed by atoms with Gasteiger partial charge in [0.15, 0.2) is 0 Å². The number of urea groups is 1. The van der Waals surface area contributed by atoms with Crippen molar-refractivity contribution in [1.29, 1.82) is 0 Å². The summed E-state index contributed by atoms with van der Waals surface area (Å²) < 4.78 is 10.3. The van der Waals surface area contributed by atoms with Crippen LogP contribution in [0.25, 0.3) is 0 Å². The molecule has 2 aromatic carbocycles. The first kappa shape index (κ1) is 18.1. The van der Waals surface area contributed by atoms with Crippen LogP contribution in [0.15, 0.2) is 42.5 Å². The highest BCUT2D eigenvalue weighted by atomic mass is 16.5. The summed E-state index contributed by atoms with van der Waals surface area (Å²) in [6.45, 7) is 0. The number of carbonyl (C=O) groups is 2. The number of benzene rings is 2. The first-order valence-corrected chi connectivity index (χ1v) is 7.57. The standard InChI is InChI=1S/C18H21N3O4/c1-21(2)14-6-5-7-15(25-4)16(14)17(22)20-18(23)19-12-8-10-13(24-3)11-9-12/h5-11H,1-4H3,(H2,19,20,22,23). The Morgan fingerprint density at radius 2 is 1.64 bits per heavy atom. The van der Waals surface area contributed by atoms with Gasteiger partial charge in [0.25, 0.3) is 5.91 Å². The van der Waals surface area contributed by atoms with E-state index in [9.17, 15) is 9.59 Å². The average Bonchev–Trinajstić information content (AvgIpc) is 2.61. The molecule has 0 aliphatic heterocycles. The summed E-state index contributed by atoms with van der Waals surface area (Å²) in [4.78, 5) is 26.4. The maximum atomic E-state index is 12.6. The fourth-order valence-electron chi connectivity index (χ4n) is 2.29. The van der Waals surface area contributed by atoms with Crippen LogP contribution in [0.4, 0.5) is 16.2 Å². The van der Waals surface area contributed by atoms with Crippen molar-refractivity contribution in [2.45, 2.75) is 0 Å². The van der Waals surface area contributed by atoms with Gasteiger partial charge in [0, 0.05) is 19.8 Å². The molecule has 25 heavy (non-hydrogen) atoms. The zero-order valence-electron chi connectivity index (χ0n) is 14.6. The van der Waals surface area contributed by atoms with Crippen LogP contribution in [0.2, 0.25) is 0 Å². The Kier molecular flexibility index (Phi) is 5.84. The van der Waals surface area contributed by atoms with Crippen molar-refractivity contribution in [2.24, 2.45) is 0 Å². The summed E-state index contributed by atoms with van der Waals surface area (Å²) in [7, 11) is 6.65. The van der Waals surface area contributed by atoms with Crippen LogP contribution in [0.3, 0.4) is 0 Å². The minimum atomic E-state index is -0.634. The molecule has 0 saturated carbocycles. The van der Waals surface area contributed by atoms with Crippen molar-refractivity contribution in [3.8, 4) is 11.5 Å². The van der Waals surface area contributed by atoms with Gasteiger partial charge in [-0.1, -0.05) is 6.07 Å². The van der Waals surface area contributed by atoms with E-state index in [0.29, 0.717) is 28.4 Å². The Morgan fingerprint density at radius 3 is 2.20 bits per heavy atom. The van der Waals surface area contributed by atoms with Crippen molar-refractivity contribution >= 4 is 23.3 Å². The highest BCUT2D eigenvalue weighted by Gasteiger charge is 2.20. The third kappa shape index (κ3) is 4.41. The number of nitrogens with zero attached hydrogens (tertiary/aromatic N) is 1. The third-order valence-corrected chi connectivity index (χ3v) is 3.51. The molecule has 0 radical (unpaired) electrons. The van der Waals surface area contributed by atoms with E-state index in [1.54, 1.807) is 54.5 Å². The van der Waals surface area contributed by atoms with Gasteiger partial charge in [-0.05, 0) is 36.4 Å². The minimum absolute atomic E-state index is 0.292. The maximum absolute atomic E-state index is 12.6. The van der Waals surface area contributed by atoms with E-state index >= 15 is 0 Å². The fourth-order valence-corrected chi connectivity index (χ4v) is 2.29. The number of hydrogen-bond donors (Lipinski definition) is 2. The zero-order valence-corrected chi connectivity index (χ0v) is 14.6. The van der Waals surface area contributed by atoms with Gasteiger partial charge in [0.05, 0.1) is 19.9 Å². The van der Waals surface area contributed by atoms with Crippen molar-refractivity contribution in [3.05, 3.63) is 48.0 Å². The lowest BCUT2D eigenvalue weighted by molar-refractivity contribution is 0.0964. The van der Waals surface area contributed by atoms with E-state index in [4.69, 9.17) is 9.47 Å². The number of ether oxygens (including phenoxy) is 2. The second kappa shape index (κ2) is 8.05. The molecule has 2 N–H and O–H groups in total. The maximum Gasteiger partial charge on any atom is 0.326 e. The molecule has 0 aliphatic carbocycles. The number of carbonyl (C=O) groups excluding carboxylic acids is 2. The Morgan fingerprint density at radius 1 is 0.960 bits per heavy atom. The molecular formula is C18H21N3O4. The van der Waals surface area contributed by atoms with Crippen molar-refractivity contribution < 1.29 is 19.1 Å². The quantitative estimate of drug-likeness (QED) is 0.873. The molecule has 2 rings (SSSR count). The Hall–Kier alpha value is -3.22. The van der Waals surface area contributed by atoms with Crippen molar-refractivity contribution in [2.75, 3.05) is 38.5 Å². The molecule has 0 unspecified atom stereocenters. The summed E-state index contributed by atoms with van der Waals surface area (Å²) >= 11 is 0. The van der Waals surface area contributed by atoms with Gasteiger partial charge < -0.3 is 19.7 Å². The second-order valence-electron chi connectivity index (χ2n) is 5.39. The molecule has 7 nitrogen and oxygen atoms in total. The lowest BCUT2D eigenvalue weighted by atomic mass is 10.1. The van der Waals surface area contributed by atoms with Gasteiger partial charge in [-0.25, -0.2) is 4.79 Å². The average molecular weight is 343 g/mol. The number of nitrogens with one attached hydrogen (secondary N) is 2. The molecule has 0 spiro atoms. The Labute approximate surface area is 146 Å². The number of imide groups is 1. The molecule has 0 saturated heterocycles. The smallest absolute Gasteiger partial charge is 0.326 e. The zero-order chi connectivity index (χ0) is 18.4. The van der Waals surface area contributed by atoms with Gasteiger partial charge in [-0.3, -0.25) is 10.1 Å². The molecule has 0 bridgehead atoms. The summed E-state index contributed by atoms with van der Waals surface area (Å²) in [5.74, 6) is 0.514. The van der Waals surface area contributed by atoms with Crippen LogP contribution in [0, 0.1) is 0 Å². The number of anilines is 2. The van der Waals surface area contributed by atoms with E-state index in [2.05, 4.69) is 10.6 Å². The van der Waals surface area contributed by atoms with Gasteiger partial charge in [-0.15, -0.1) is 0 Å². The van der Waals surface area contributed by atoms with Crippen molar-refractivity contribution in [1.82, 2.24) is 5.32 Å². The first-order valence-electron chi connectivity index (χ1n) is 7.57. The molecule has 0 heterocycles. The number of hydrogen-bond acceptors (Lipinski definition) is 5. The molecule has 2 aromatic rings. The van der Waals surface area contributed by atoms with E-state index in [1.807, 2.05) is 14.1 Å². The number of amides is 3. The molecule has 7 heteroatoms. The lowest BCUT2D eigenvalue weighted by Crippen LogP contribution is -2.35. The van der Waals surface area contributed by atoms with Crippen LogP contribution in [0.5, 0.6) is 11.5 Å². The highest BCUT2D eigenvalue weighted by molar-refractivity contribution is 6.11.